The van der Waals surface area contributed by atoms with E-state index in [2.05, 4.69) is 15.0 Å². The molecule has 0 aliphatic heterocycles. The van der Waals surface area contributed by atoms with Gasteiger partial charge in [0.1, 0.15) is 0 Å². The monoisotopic (exact) mass is 462 g/mol. The zero-order valence-corrected chi connectivity index (χ0v) is 17.5. The van der Waals surface area contributed by atoms with Gasteiger partial charge in [-0.25, -0.2) is 22.2 Å². The first-order valence-corrected chi connectivity index (χ1v) is 11.4. The molecule has 0 radical (unpaired) electrons. The van der Waals surface area contributed by atoms with Crippen LogP contribution in [-0.2, 0) is 21.4 Å². The lowest BCUT2D eigenvalue weighted by Gasteiger charge is -2.09. The van der Waals surface area contributed by atoms with Crippen LogP contribution in [-0.4, -0.2) is 23.9 Å². The van der Waals surface area contributed by atoms with Gasteiger partial charge in [0, 0.05) is 47.9 Å². The number of carbonyl (C=O) groups excluding carboxylic acids is 1. The standard InChI is InChI=1S/C20H16F2N4O3S2/c21-16-11-13-5-8-26(18(13)12-17(16)22)9-6-19(27)24-14-1-3-15(4-2-14)31(28,29)25-20-23-7-10-30-20/h1-5,7-8,10-12H,6,9H2,(H,23,25)(H,24,27). The molecule has 2 aromatic heterocycles. The number of nitrogens with zero attached hydrogens (tertiary/aromatic N) is 2. The Morgan fingerprint density at radius 1 is 1.10 bits per heavy atom. The molecule has 31 heavy (non-hydrogen) atoms. The molecule has 0 aliphatic rings. The summed E-state index contributed by atoms with van der Waals surface area (Å²) in [5.41, 5.74) is 0.928. The Kier molecular flexibility index (Phi) is 5.70. The maximum absolute atomic E-state index is 13.5. The molecule has 0 atom stereocenters. The molecule has 0 unspecified atom stereocenters. The summed E-state index contributed by atoms with van der Waals surface area (Å²) in [5.74, 6) is -2.17. The predicted molar refractivity (Wildman–Crippen MR) is 114 cm³/mol. The number of fused-ring (bicyclic) bond motifs is 1. The summed E-state index contributed by atoms with van der Waals surface area (Å²) in [4.78, 5) is 16.2. The van der Waals surface area contributed by atoms with Gasteiger partial charge >= 0.3 is 0 Å². The van der Waals surface area contributed by atoms with Gasteiger partial charge in [0.15, 0.2) is 16.8 Å². The molecule has 0 saturated heterocycles. The number of sulfonamides is 1. The van der Waals surface area contributed by atoms with E-state index in [1.807, 2.05) is 0 Å². The van der Waals surface area contributed by atoms with Crippen molar-refractivity contribution in [2.45, 2.75) is 17.9 Å². The number of hydrogen-bond acceptors (Lipinski definition) is 5. The fourth-order valence-corrected chi connectivity index (χ4v) is 4.78. The minimum Gasteiger partial charge on any atom is -0.347 e. The van der Waals surface area contributed by atoms with Crippen molar-refractivity contribution in [3.63, 3.8) is 0 Å². The van der Waals surface area contributed by atoms with Crippen LogP contribution in [0.3, 0.4) is 0 Å². The third-order valence-corrected chi connectivity index (χ3v) is 6.67. The van der Waals surface area contributed by atoms with Crippen LogP contribution in [0.15, 0.2) is 65.1 Å². The fourth-order valence-electron chi connectivity index (χ4n) is 2.99. The number of rotatable bonds is 7. The molecule has 2 aromatic carbocycles. The van der Waals surface area contributed by atoms with Gasteiger partial charge < -0.3 is 9.88 Å². The topological polar surface area (TPSA) is 93.1 Å². The van der Waals surface area contributed by atoms with E-state index in [9.17, 15) is 22.0 Å². The number of benzene rings is 2. The summed E-state index contributed by atoms with van der Waals surface area (Å²) in [6, 6.07) is 9.58. The van der Waals surface area contributed by atoms with Crippen molar-refractivity contribution >= 4 is 49.0 Å². The van der Waals surface area contributed by atoms with E-state index in [1.54, 1.807) is 22.2 Å². The zero-order valence-electron chi connectivity index (χ0n) is 15.9. The Balaban J connectivity index is 1.37. The van der Waals surface area contributed by atoms with E-state index in [-0.39, 0.29) is 28.9 Å². The Labute approximate surface area is 180 Å². The molecular formula is C20H16F2N4O3S2. The number of anilines is 2. The van der Waals surface area contributed by atoms with Gasteiger partial charge in [0.05, 0.1) is 10.4 Å². The van der Waals surface area contributed by atoms with Gasteiger partial charge in [0.25, 0.3) is 10.0 Å². The first-order valence-electron chi connectivity index (χ1n) is 9.08. The third kappa shape index (κ3) is 4.72. The number of thiazole rings is 1. The van der Waals surface area contributed by atoms with Gasteiger partial charge in [0.2, 0.25) is 5.91 Å². The number of halogens is 2. The Bertz CT molecular complexity index is 1340. The van der Waals surface area contributed by atoms with Crippen molar-refractivity contribution in [1.29, 1.82) is 0 Å². The van der Waals surface area contributed by atoms with Crippen LogP contribution in [0, 0.1) is 11.6 Å². The van der Waals surface area contributed by atoms with Gasteiger partial charge in [-0.15, -0.1) is 11.3 Å². The van der Waals surface area contributed by atoms with Crippen LogP contribution in [0.4, 0.5) is 19.6 Å². The van der Waals surface area contributed by atoms with Gasteiger partial charge in [-0.3, -0.25) is 9.52 Å². The first-order chi connectivity index (χ1) is 14.8. The number of aromatic nitrogens is 2. The molecule has 1 amide bonds. The van der Waals surface area contributed by atoms with Crippen LogP contribution >= 0.6 is 11.3 Å². The van der Waals surface area contributed by atoms with Crippen LogP contribution in [0.2, 0.25) is 0 Å². The molecule has 0 aliphatic carbocycles. The summed E-state index contributed by atoms with van der Waals surface area (Å²) in [6.45, 7) is 0.268. The first kappa shape index (κ1) is 20.9. The highest BCUT2D eigenvalue weighted by atomic mass is 32.2. The molecule has 4 aromatic rings. The lowest BCUT2D eigenvalue weighted by molar-refractivity contribution is -0.116. The maximum Gasteiger partial charge on any atom is 0.263 e. The normalized spacial score (nSPS) is 11.5. The molecule has 0 fully saturated rings. The molecule has 2 heterocycles. The highest BCUT2D eigenvalue weighted by Gasteiger charge is 2.15. The molecule has 0 spiro atoms. The summed E-state index contributed by atoms with van der Waals surface area (Å²) in [6.07, 6.45) is 3.24. The number of amides is 1. The van der Waals surface area contributed by atoms with E-state index in [0.717, 1.165) is 23.5 Å². The average Bonchev–Trinajstić information content (AvgIpc) is 3.37. The number of hydrogen-bond donors (Lipinski definition) is 2. The van der Waals surface area contributed by atoms with Crippen molar-refractivity contribution in [3.05, 3.63) is 71.9 Å². The highest BCUT2D eigenvalue weighted by molar-refractivity contribution is 7.93. The molecule has 0 bridgehead atoms. The number of aryl methyl sites for hydroxylation is 1. The summed E-state index contributed by atoms with van der Waals surface area (Å²) >= 11 is 1.16. The third-order valence-electron chi connectivity index (χ3n) is 4.50. The van der Waals surface area contributed by atoms with Crippen molar-refractivity contribution in [2.24, 2.45) is 0 Å². The maximum atomic E-state index is 13.5. The van der Waals surface area contributed by atoms with E-state index in [4.69, 9.17) is 0 Å². The van der Waals surface area contributed by atoms with E-state index in [1.165, 1.54) is 30.5 Å². The molecule has 11 heteroatoms. The second-order valence-electron chi connectivity index (χ2n) is 6.60. The minimum absolute atomic E-state index is 0.0359. The summed E-state index contributed by atoms with van der Waals surface area (Å²) < 4.78 is 55.5. The summed E-state index contributed by atoms with van der Waals surface area (Å²) in [5, 5.41) is 5.15. The molecule has 7 nitrogen and oxygen atoms in total. The van der Waals surface area contributed by atoms with Crippen LogP contribution in [0.1, 0.15) is 6.42 Å². The highest BCUT2D eigenvalue weighted by Crippen LogP contribution is 2.21. The van der Waals surface area contributed by atoms with Crippen molar-refractivity contribution < 1.29 is 22.0 Å². The SMILES string of the molecule is O=C(CCn1ccc2cc(F)c(F)cc21)Nc1ccc(S(=O)(=O)Nc2nccs2)cc1. The molecule has 0 saturated carbocycles. The van der Waals surface area contributed by atoms with E-state index >= 15 is 0 Å². The molecule has 2 N–H and O–H groups in total. The Morgan fingerprint density at radius 3 is 2.55 bits per heavy atom. The van der Waals surface area contributed by atoms with Crippen LogP contribution in [0.25, 0.3) is 10.9 Å². The lowest BCUT2D eigenvalue weighted by Crippen LogP contribution is -2.15. The van der Waals surface area contributed by atoms with Gasteiger partial charge in [-0.1, -0.05) is 0 Å². The van der Waals surface area contributed by atoms with E-state index in [0.29, 0.717) is 16.6 Å². The average molecular weight is 463 g/mol. The van der Waals surface area contributed by atoms with Gasteiger partial charge in [-0.2, -0.15) is 0 Å². The molecular weight excluding hydrogens is 446 g/mol. The quantitative estimate of drug-likeness (QED) is 0.430. The predicted octanol–water partition coefficient (Wildman–Crippen LogP) is 4.21. The second kappa shape index (κ2) is 8.44. The zero-order chi connectivity index (χ0) is 22.0. The fraction of sp³-hybridized carbons (Fsp3) is 0.100. The van der Waals surface area contributed by atoms with E-state index < -0.39 is 21.7 Å². The van der Waals surface area contributed by atoms with Gasteiger partial charge in [-0.05, 0) is 36.4 Å². The smallest absolute Gasteiger partial charge is 0.263 e. The lowest BCUT2D eigenvalue weighted by atomic mass is 10.2. The van der Waals surface area contributed by atoms with Crippen molar-refractivity contribution in [1.82, 2.24) is 9.55 Å². The number of carbonyl (C=O) groups is 1. The van der Waals surface area contributed by atoms with Crippen LogP contribution in [0.5, 0.6) is 0 Å². The number of nitrogens with one attached hydrogen (secondary N) is 2. The molecule has 4 rings (SSSR count). The Morgan fingerprint density at radius 2 is 1.84 bits per heavy atom. The largest absolute Gasteiger partial charge is 0.347 e. The Hall–Kier alpha value is -3.31. The summed E-state index contributed by atoms with van der Waals surface area (Å²) in [7, 11) is -3.77. The van der Waals surface area contributed by atoms with Crippen molar-refractivity contribution in [3.8, 4) is 0 Å². The van der Waals surface area contributed by atoms with Crippen LogP contribution < -0.4 is 10.0 Å². The van der Waals surface area contributed by atoms with Crippen molar-refractivity contribution in [2.75, 3.05) is 10.0 Å². The molecule has 160 valence electrons. The minimum atomic E-state index is -3.77. The second-order valence-corrected chi connectivity index (χ2v) is 9.18.